The standard InChI is InChI=1S/C15H15N3O/c1-19-15-5-3-2-4-11(15)9-18-10-17-13-8-12(16)6-7-14(13)18/h2-8,10H,9,16H2,1H3. The number of nitrogen functional groups attached to an aromatic ring is 1. The first-order valence-electron chi connectivity index (χ1n) is 6.10. The van der Waals surface area contributed by atoms with Crippen LogP contribution in [0.3, 0.4) is 0 Å². The van der Waals surface area contributed by atoms with Crippen LogP contribution in [0.25, 0.3) is 11.0 Å². The number of hydrogen-bond acceptors (Lipinski definition) is 3. The summed E-state index contributed by atoms with van der Waals surface area (Å²) in [6.45, 7) is 0.727. The predicted octanol–water partition coefficient (Wildman–Crippen LogP) is 2.68. The number of aromatic nitrogens is 2. The largest absolute Gasteiger partial charge is 0.496 e. The molecule has 0 aliphatic heterocycles. The number of nitrogens with zero attached hydrogens (tertiary/aromatic N) is 2. The molecule has 0 aliphatic rings. The van der Waals surface area contributed by atoms with Crippen molar-refractivity contribution in [3.05, 3.63) is 54.4 Å². The molecule has 0 unspecified atom stereocenters. The van der Waals surface area contributed by atoms with Crippen LogP contribution in [0.2, 0.25) is 0 Å². The number of imidazole rings is 1. The number of nitrogens with two attached hydrogens (primary N) is 1. The maximum atomic E-state index is 5.76. The Labute approximate surface area is 111 Å². The topological polar surface area (TPSA) is 53.1 Å². The van der Waals surface area contributed by atoms with Crippen molar-refractivity contribution in [2.45, 2.75) is 6.54 Å². The second-order valence-electron chi connectivity index (χ2n) is 4.43. The first kappa shape index (κ1) is 11.6. The van der Waals surface area contributed by atoms with Gasteiger partial charge in [-0.15, -0.1) is 0 Å². The first-order chi connectivity index (χ1) is 9.28. The Morgan fingerprint density at radius 2 is 2.05 bits per heavy atom. The Bertz CT molecular complexity index is 718. The summed E-state index contributed by atoms with van der Waals surface area (Å²) in [5.74, 6) is 0.889. The lowest BCUT2D eigenvalue weighted by molar-refractivity contribution is 0.408. The van der Waals surface area contributed by atoms with E-state index < -0.39 is 0 Å². The first-order valence-corrected chi connectivity index (χ1v) is 6.10. The van der Waals surface area contributed by atoms with Crippen LogP contribution < -0.4 is 10.5 Å². The van der Waals surface area contributed by atoms with Crippen LogP contribution >= 0.6 is 0 Å². The van der Waals surface area contributed by atoms with Gasteiger partial charge in [0.1, 0.15) is 5.75 Å². The maximum Gasteiger partial charge on any atom is 0.123 e. The predicted molar refractivity (Wildman–Crippen MR) is 76.2 cm³/mol. The highest BCUT2D eigenvalue weighted by molar-refractivity contribution is 5.79. The molecule has 1 aromatic heterocycles. The van der Waals surface area contributed by atoms with Crippen molar-refractivity contribution in [3.8, 4) is 5.75 Å². The summed E-state index contributed by atoms with van der Waals surface area (Å²) in [5, 5.41) is 0. The highest BCUT2D eigenvalue weighted by Crippen LogP contribution is 2.22. The summed E-state index contributed by atoms with van der Waals surface area (Å²) in [6, 6.07) is 13.8. The van der Waals surface area contributed by atoms with Gasteiger partial charge in [0.15, 0.2) is 0 Å². The van der Waals surface area contributed by atoms with E-state index >= 15 is 0 Å². The summed E-state index contributed by atoms with van der Waals surface area (Å²) in [6.07, 6.45) is 1.83. The number of benzene rings is 2. The smallest absolute Gasteiger partial charge is 0.123 e. The summed E-state index contributed by atoms with van der Waals surface area (Å²) < 4.78 is 7.46. The van der Waals surface area contributed by atoms with E-state index in [1.165, 1.54) is 0 Å². The van der Waals surface area contributed by atoms with Gasteiger partial charge in [-0.2, -0.15) is 0 Å². The van der Waals surface area contributed by atoms with E-state index in [2.05, 4.69) is 15.6 Å². The minimum absolute atomic E-state index is 0.727. The van der Waals surface area contributed by atoms with Crippen LogP contribution in [0.15, 0.2) is 48.8 Å². The fraction of sp³-hybridized carbons (Fsp3) is 0.133. The summed E-state index contributed by atoms with van der Waals surface area (Å²) in [7, 11) is 1.69. The number of fused-ring (bicyclic) bond motifs is 1. The van der Waals surface area contributed by atoms with Gasteiger partial charge in [0.05, 0.1) is 31.0 Å². The SMILES string of the molecule is COc1ccccc1Cn1cnc2cc(N)ccc21. The van der Waals surface area contributed by atoms with Crippen LogP contribution in [0, 0.1) is 0 Å². The number of hydrogen-bond donors (Lipinski definition) is 1. The van der Waals surface area contributed by atoms with Gasteiger partial charge >= 0.3 is 0 Å². The third-order valence-corrected chi connectivity index (χ3v) is 3.18. The average molecular weight is 253 g/mol. The summed E-state index contributed by atoms with van der Waals surface area (Å²) in [4.78, 5) is 4.37. The molecular formula is C15H15N3O. The zero-order valence-electron chi connectivity index (χ0n) is 10.7. The molecule has 4 heteroatoms. The van der Waals surface area contributed by atoms with Crippen LogP contribution in [0.4, 0.5) is 5.69 Å². The van der Waals surface area contributed by atoms with Gasteiger partial charge < -0.3 is 15.0 Å². The minimum Gasteiger partial charge on any atom is -0.496 e. The second kappa shape index (κ2) is 4.65. The van der Waals surface area contributed by atoms with Gasteiger partial charge in [0.25, 0.3) is 0 Å². The monoisotopic (exact) mass is 253 g/mol. The zero-order chi connectivity index (χ0) is 13.2. The molecule has 4 nitrogen and oxygen atoms in total. The van der Waals surface area contributed by atoms with Gasteiger partial charge in [-0.1, -0.05) is 18.2 Å². The van der Waals surface area contributed by atoms with Gasteiger partial charge in [-0.25, -0.2) is 4.98 Å². The molecule has 96 valence electrons. The fourth-order valence-corrected chi connectivity index (χ4v) is 2.22. The molecule has 19 heavy (non-hydrogen) atoms. The lowest BCUT2D eigenvalue weighted by Crippen LogP contribution is -2.00. The fourth-order valence-electron chi connectivity index (χ4n) is 2.22. The molecule has 2 N–H and O–H groups in total. The van der Waals surface area contributed by atoms with E-state index in [1.54, 1.807) is 7.11 Å². The molecule has 0 amide bonds. The molecule has 0 spiro atoms. The van der Waals surface area contributed by atoms with E-state index in [0.717, 1.165) is 34.6 Å². The number of para-hydroxylation sites is 1. The van der Waals surface area contributed by atoms with Crippen molar-refractivity contribution in [1.82, 2.24) is 9.55 Å². The molecular weight excluding hydrogens is 238 g/mol. The normalized spacial score (nSPS) is 10.8. The molecule has 1 heterocycles. The van der Waals surface area contributed by atoms with Gasteiger partial charge in [-0.05, 0) is 24.3 Å². The van der Waals surface area contributed by atoms with E-state index in [9.17, 15) is 0 Å². The molecule has 0 aliphatic carbocycles. The Morgan fingerprint density at radius 3 is 2.89 bits per heavy atom. The summed E-state index contributed by atoms with van der Waals surface area (Å²) >= 11 is 0. The van der Waals surface area contributed by atoms with E-state index in [0.29, 0.717) is 0 Å². The highest BCUT2D eigenvalue weighted by Gasteiger charge is 2.06. The van der Waals surface area contributed by atoms with Crippen molar-refractivity contribution in [2.75, 3.05) is 12.8 Å². The van der Waals surface area contributed by atoms with Crippen molar-refractivity contribution in [3.63, 3.8) is 0 Å². The van der Waals surface area contributed by atoms with Crippen molar-refractivity contribution < 1.29 is 4.74 Å². The highest BCUT2D eigenvalue weighted by atomic mass is 16.5. The van der Waals surface area contributed by atoms with Crippen LogP contribution in [-0.2, 0) is 6.54 Å². The van der Waals surface area contributed by atoms with Crippen LogP contribution in [0.1, 0.15) is 5.56 Å². The number of methoxy groups -OCH3 is 1. The van der Waals surface area contributed by atoms with E-state index in [4.69, 9.17) is 10.5 Å². The number of anilines is 1. The average Bonchev–Trinajstić information content (AvgIpc) is 2.82. The summed E-state index contributed by atoms with van der Waals surface area (Å²) in [5.41, 5.74) is 9.60. The molecule has 0 saturated carbocycles. The zero-order valence-corrected chi connectivity index (χ0v) is 10.7. The van der Waals surface area contributed by atoms with Gasteiger partial charge in [-0.3, -0.25) is 0 Å². The molecule has 3 rings (SSSR count). The molecule has 0 saturated heterocycles. The Hall–Kier alpha value is -2.49. The van der Waals surface area contributed by atoms with Crippen LogP contribution in [-0.4, -0.2) is 16.7 Å². The van der Waals surface area contributed by atoms with Crippen molar-refractivity contribution >= 4 is 16.7 Å². The Kier molecular flexibility index (Phi) is 2.83. The number of rotatable bonds is 3. The quantitative estimate of drug-likeness (QED) is 0.730. The van der Waals surface area contributed by atoms with E-state index in [1.807, 2.05) is 42.7 Å². The van der Waals surface area contributed by atoms with Crippen LogP contribution in [0.5, 0.6) is 5.75 Å². The van der Waals surface area contributed by atoms with Crippen molar-refractivity contribution in [1.29, 1.82) is 0 Å². The molecule has 0 radical (unpaired) electrons. The molecule has 3 aromatic rings. The minimum atomic E-state index is 0.727. The van der Waals surface area contributed by atoms with Gasteiger partial charge in [0, 0.05) is 11.3 Å². The van der Waals surface area contributed by atoms with Crippen molar-refractivity contribution in [2.24, 2.45) is 0 Å². The molecule has 0 atom stereocenters. The molecule has 0 bridgehead atoms. The Morgan fingerprint density at radius 1 is 1.21 bits per heavy atom. The molecule has 0 fully saturated rings. The van der Waals surface area contributed by atoms with Gasteiger partial charge in [0.2, 0.25) is 0 Å². The second-order valence-corrected chi connectivity index (χ2v) is 4.43. The lowest BCUT2D eigenvalue weighted by Gasteiger charge is -2.09. The molecule has 2 aromatic carbocycles. The third kappa shape index (κ3) is 2.12. The van der Waals surface area contributed by atoms with E-state index in [-0.39, 0.29) is 0 Å². The lowest BCUT2D eigenvalue weighted by atomic mass is 10.2. The third-order valence-electron chi connectivity index (χ3n) is 3.18. The number of ether oxygens (including phenoxy) is 1. The Balaban J connectivity index is 2.01. The maximum absolute atomic E-state index is 5.76.